The number of carbonyl (C=O) groups is 4. The molecular weight excluding hydrogens is 432 g/mol. The number of rotatable bonds is 2. The summed E-state index contributed by atoms with van der Waals surface area (Å²) in [6, 6.07) is 0. The number of ketones is 1. The number of ether oxygens (including phenoxy) is 4. The number of fused-ring (bicyclic) bond motifs is 3. The number of hydrogen-bond donors (Lipinski definition) is 1. The van der Waals surface area contributed by atoms with Gasteiger partial charge in [-0.3, -0.25) is 14.4 Å². The van der Waals surface area contributed by atoms with E-state index in [1.807, 2.05) is 6.92 Å². The molecule has 0 radical (unpaired) electrons. The molecule has 0 saturated carbocycles. The molecule has 3 aliphatic rings. The van der Waals surface area contributed by atoms with Gasteiger partial charge in [-0.2, -0.15) is 0 Å². The number of hydrogen-bond acceptors (Lipinski definition) is 9. The highest BCUT2D eigenvalue weighted by Crippen LogP contribution is 2.46. The van der Waals surface area contributed by atoms with Crippen molar-refractivity contribution in [3.05, 3.63) is 23.3 Å². The zero-order chi connectivity index (χ0) is 24.7. The van der Waals surface area contributed by atoms with Crippen molar-refractivity contribution in [2.24, 2.45) is 5.92 Å². The van der Waals surface area contributed by atoms with Gasteiger partial charge < -0.3 is 24.1 Å². The lowest BCUT2D eigenvalue weighted by atomic mass is 9.81. The molecule has 0 aromatic heterocycles. The number of aliphatic hydroxyl groups is 1. The maximum Gasteiger partial charge on any atom is 0.336 e. The zero-order valence-corrected chi connectivity index (χ0v) is 19.8. The fraction of sp³-hybridized carbons (Fsp3) is 0.667. The minimum atomic E-state index is -2.29. The second-order valence-electron chi connectivity index (χ2n) is 9.50. The molecule has 0 amide bonds. The summed E-state index contributed by atoms with van der Waals surface area (Å²) in [6.07, 6.45) is -1.35. The average Bonchev–Trinajstić information content (AvgIpc) is 3.20. The van der Waals surface area contributed by atoms with Crippen LogP contribution in [0.25, 0.3) is 0 Å². The molecule has 0 spiro atoms. The van der Waals surface area contributed by atoms with Crippen LogP contribution in [-0.2, 0) is 38.1 Å². The Bertz CT molecular complexity index is 919. The molecule has 33 heavy (non-hydrogen) atoms. The quantitative estimate of drug-likeness (QED) is 0.372. The third kappa shape index (κ3) is 4.89. The Balaban J connectivity index is 2.21. The van der Waals surface area contributed by atoms with Crippen LogP contribution >= 0.6 is 0 Å². The van der Waals surface area contributed by atoms with E-state index in [0.717, 1.165) is 0 Å². The third-order valence-corrected chi connectivity index (χ3v) is 6.79. The van der Waals surface area contributed by atoms with E-state index < -0.39 is 47.9 Å². The molecule has 2 saturated heterocycles. The van der Waals surface area contributed by atoms with E-state index in [1.165, 1.54) is 20.8 Å². The molecule has 182 valence electrons. The maximum absolute atomic E-state index is 12.7. The van der Waals surface area contributed by atoms with Crippen molar-refractivity contribution in [3.63, 3.8) is 0 Å². The fourth-order valence-electron chi connectivity index (χ4n) is 5.00. The summed E-state index contributed by atoms with van der Waals surface area (Å²) in [5.41, 5.74) is -1.09. The fourth-order valence-corrected chi connectivity index (χ4v) is 5.00. The summed E-state index contributed by atoms with van der Waals surface area (Å²) in [7, 11) is 0. The monoisotopic (exact) mass is 464 g/mol. The van der Waals surface area contributed by atoms with Crippen molar-refractivity contribution in [1.82, 2.24) is 0 Å². The van der Waals surface area contributed by atoms with Crippen molar-refractivity contribution in [2.45, 2.75) is 96.4 Å². The van der Waals surface area contributed by atoms with Gasteiger partial charge in [-0.05, 0) is 44.6 Å². The highest BCUT2D eigenvalue weighted by molar-refractivity contribution is 5.96. The number of esters is 3. The SMILES string of the molecule is C=C1CC2(O)OC(=O)C(C)=C2C(OC(C)=O)C(OC(C)=O)C2(C)CCC(O2)C(C)CCC1=O. The third-order valence-electron chi connectivity index (χ3n) is 6.79. The zero-order valence-electron chi connectivity index (χ0n) is 19.8. The molecule has 3 aliphatic heterocycles. The predicted molar refractivity (Wildman–Crippen MR) is 115 cm³/mol. The molecule has 2 fully saturated rings. The molecular formula is C24H32O9. The summed E-state index contributed by atoms with van der Waals surface area (Å²) in [5, 5.41) is 11.4. The lowest BCUT2D eigenvalue weighted by Gasteiger charge is -2.40. The molecule has 6 atom stereocenters. The summed E-state index contributed by atoms with van der Waals surface area (Å²) < 4.78 is 22.9. The van der Waals surface area contributed by atoms with Crippen molar-refractivity contribution in [1.29, 1.82) is 0 Å². The topological polar surface area (TPSA) is 125 Å². The van der Waals surface area contributed by atoms with Crippen LogP contribution in [0, 0.1) is 5.92 Å². The van der Waals surface area contributed by atoms with Crippen LogP contribution in [0.5, 0.6) is 0 Å². The minimum Gasteiger partial charge on any atom is -0.455 e. The van der Waals surface area contributed by atoms with Crippen molar-refractivity contribution in [2.75, 3.05) is 0 Å². The second kappa shape index (κ2) is 9.02. The Morgan fingerprint density at radius 1 is 1.15 bits per heavy atom. The van der Waals surface area contributed by atoms with Gasteiger partial charge in [-0.25, -0.2) is 4.79 Å². The van der Waals surface area contributed by atoms with Gasteiger partial charge in [0.1, 0.15) is 5.60 Å². The molecule has 1 N–H and O–H groups in total. The Morgan fingerprint density at radius 2 is 1.79 bits per heavy atom. The molecule has 0 aromatic carbocycles. The Hall–Kier alpha value is -2.52. The summed E-state index contributed by atoms with van der Waals surface area (Å²) >= 11 is 0. The highest BCUT2D eigenvalue weighted by Gasteiger charge is 2.58. The van der Waals surface area contributed by atoms with Crippen LogP contribution < -0.4 is 0 Å². The summed E-state index contributed by atoms with van der Waals surface area (Å²) in [5.74, 6) is -4.73. The van der Waals surface area contributed by atoms with Crippen LogP contribution in [0.3, 0.4) is 0 Å². The standard InChI is InChI=1S/C24H32O9/c1-12-7-8-17(27)13(2)11-24(29)19(14(3)22(28)33-24)20(30-15(4)25)21(31-16(5)26)23(6)10-9-18(12)32-23/h12,18,20-21,29H,2,7-11H2,1,3-6H3. The van der Waals surface area contributed by atoms with Crippen molar-refractivity contribution >= 4 is 23.7 Å². The lowest BCUT2D eigenvalue weighted by Crippen LogP contribution is -2.54. The first-order valence-electron chi connectivity index (χ1n) is 11.2. The molecule has 3 heterocycles. The van der Waals surface area contributed by atoms with E-state index in [4.69, 9.17) is 18.9 Å². The molecule has 0 aromatic rings. The van der Waals surface area contributed by atoms with Gasteiger partial charge in [0.05, 0.1) is 11.7 Å². The predicted octanol–water partition coefficient (Wildman–Crippen LogP) is 2.29. The molecule has 2 bridgehead atoms. The normalized spacial score (nSPS) is 37.5. The van der Waals surface area contributed by atoms with Crippen molar-refractivity contribution in [3.8, 4) is 0 Å². The van der Waals surface area contributed by atoms with Gasteiger partial charge in [-0.1, -0.05) is 13.5 Å². The van der Waals surface area contributed by atoms with E-state index in [9.17, 15) is 24.3 Å². The number of Topliss-reactive ketones (excluding diaryl/α,β-unsaturated/α-hetero) is 1. The summed E-state index contributed by atoms with van der Waals surface area (Å²) in [4.78, 5) is 49.5. The first kappa shape index (κ1) is 25.1. The van der Waals surface area contributed by atoms with Crippen LogP contribution in [0.1, 0.15) is 66.7 Å². The lowest BCUT2D eigenvalue weighted by molar-refractivity contribution is -0.205. The van der Waals surface area contributed by atoms with Crippen LogP contribution in [-0.4, -0.2) is 58.5 Å². The molecule has 6 unspecified atom stereocenters. The first-order chi connectivity index (χ1) is 15.3. The maximum atomic E-state index is 12.7. The molecule has 9 nitrogen and oxygen atoms in total. The Morgan fingerprint density at radius 3 is 2.39 bits per heavy atom. The minimum absolute atomic E-state index is 0.00235. The van der Waals surface area contributed by atoms with E-state index in [1.54, 1.807) is 6.92 Å². The van der Waals surface area contributed by atoms with Crippen LogP contribution in [0.15, 0.2) is 23.3 Å². The van der Waals surface area contributed by atoms with Gasteiger partial charge in [0.15, 0.2) is 18.0 Å². The van der Waals surface area contributed by atoms with Gasteiger partial charge in [0, 0.05) is 32.3 Å². The summed E-state index contributed by atoms with van der Waals surface area (Å²) in [6.45, 7) is 11.3. The molecule has 0 aliphatic carbocycles. The van der Waals surface area contributed by atoms with Crippen molar-refractivity contribution < 1.29 is 43.2 Å². The smallest absolute Gasteiger partial charge is 0.336 e. The van der Waals surface area contributed by atoms with Gasteiger partial charge in [0.25, 0.3) is 0 Å². The molecule has 3 rings (SSSR count). The number of carbonyl (C=O) groups excluding carboxylic acids is 4. The largest absolute Gasteiger partial charge is 0.455 e. The van der Waals surface area contributed by atoms with Crippen LogP contribution in [0.2, 0.25) is 0 Å². The Labute approximate surface area is 193 Å². The highest BCUT2D eigenvalue weighted by atomic mass is 16.7. The van der Waals surface area contributed by atoms with E-state index >= 15 is 0 Å². The second-order valence-corrected chi connectivity index (χ2v) is 9.50. The van der Waals surface area contributed by atoms with Gasteiger partial charge >= 0.3 is 17.9 Å². The first-order valence-corrected chi connectivity index (χ1v) is 11.2. The average molecular weight is 465 g/mol. The van der Waals surface area contributed by atoms with Crippen LogP contribution in [0.4, 0.5) is 0 Å². The van der Waals surface area contributed by atoms with E-state index in [2.05, 4.69) is 6.58 Å². The molecule has 9 heteroatoms. The van der Waals surface area contributed by atoms with Gasteiger partial charge in [-0.15, -0.1) is 0 Å². The Kier molecular flexibility index (Phi) is 6.87. The van der Waals surface area contributed by atoms with Gasteiger partial charge in [0.2, 0.25) is 5.79 Å². The van der Waals surface area contributed by atoms with E-state index in [0.29, 0.717) is 19.3 Å². The van der Waals surface area contributed by atoms with E-state index in [-0.39, 0.29) is 40.9 Å².